The number of carbonyl (C=O) groups excluding carboxylic acids is 3. The molecule has 0 saturated heterocycles. The second-order valence-electron chi connectivity index (χ2n) is 5.27. The SMILES string of the molecule is COc1ccccc1N(C=O)C(C)C(=O)C(=O)NCc1cccnc1. The molecule has 1 heterocycles. The number of aromatic nitrogens is 1. The third-order valence-corrected chi connectivity index (χ3v) is 3.67. The predicted molar refractivity (Wildman–Crippen MR) is 92.1 cm³/mol. The summed E-state index contributed by atoms with van der Waals surface area (Å²) in [4.78, 5) is 41.1. The molecule has 130 valence electrons. The Labute approximate surface area is 145 Å². The lowest BCUT2D eigenvalue weighted by Gasteiger charge is -2.25. The number of Topliss-reactive ketones (excluding diaryl/α,β-unsaturated/α-hetero) is 1. The normalized spacial score (nSPS) is 11.3. The van der Waals surface area contributed by atoms with Gasteiger partial charge in [-0.3, -0.25) is 19.4 Å². The van der Waals surface area contributed by atoms with Gasteiger partial charge in [-0.05, 0) is 30.7 Å². The van der Waals surface area contributed by atoms with Gasteiger partial charge in [-0.25, -0.2) is 0 Å². The molecule has 2 aromatic rings. The van der Waals surface area contributed by atoms with Crippen LogP contribution in [0.2, 0.25) is 0 Å². The van der Waals surface area contributed by atoms with Crippen LogP contribution in [0.25, 0.3) is 0 Å². The minimum atomic E-state index is -0.970. The molecule has 2 rings (SSSR count). The molecule has 0 spiro atoms. The number of nitrogens with one attached hydrogen (secondary N) is 1. The molecule has 7 heteroatoms. The largest absolute Gasteiger partial charge is 0.495 e. The van der Waals surface area contributed by atoms with Crippen LogP contribution in [0.1, 0.15) is 12.5 Å². The third kappa shape index (κ3) is 4.41. The summed E-state index contributed by atoms with van der Waals surface area (Å²) in [6.07, 6.45) is 3.73. The van der Waals surface area contributed by atoms with Crippen LogP contribution in [0.5, 0.6) is 5.75 Å². The Kier molecular flexibility index (Phi) is 6.22. The zero-order valence-electron chi connectivity index (χ0n) is 14.0. The van der Waals surface area contributed by atoms with Crippen LogP contribution in [0.4, 0.5) is 5.69 Å². The molecule has 25 heavy (non-hydrogen) atoms. The van der Waals surface area contributed by atoms with Crippen molar-refractivity contribution in [2.24, 2.45) is 0 Å². The Morgan fingerprint density at radius 2 is 2.04 bits per heavy atom. The van der Waals surface area contributed by atoms with E-state index in [0.29, 0.717) is 17.8 Å². The van der Waals surface area contributed by atoms with Crippen LogP contribution in [-0.2, 0) is 20.9 Å². The molecule has 1 unspecified atom stereocenters. The molecule has 0 radical (unpaired) electrons. The molecule has 0 fully saturated rings. The lowest BCUT2D eigenvalue weighted by molar-refractivity contribution is -0.138. The Morgan fingerprint density at radius 1 is 1.28 bits per heavy atom. The predicted octanol–water partition coefficient (Wildman–Crippen LogP) is 1.33. The number of pyridine rings is 1. The van der Waals surface area contributed by atoms with Crippen molar-refractivity contribution < 1.29 is 19.1 Å². The average molecular weight is 341 g/mol. The van der Waals surface area contributed by atoms with Gasteiger partial charge in [0.15, 0.2) is 0 Å². The molecule has 2 amide bonds. The number of carbonyl (C=O) groups is 3. The molecule has 1 aromatic heterocycles. The summed E-state index contributed by atoms with van der Waals surface area (Å²) in [6, 6.07) is 9.33. The maximum absolute atomic E-state index is 12.4. The molecule has 1 N–H and O–H groups in total. The zero-order chi connectivity index (χ0) is 18.2. The highest BCUT2D eigenvalue weighted by atomic mass is 16.5. The van der Waals surface area contributed by atoms with Gasteiger partial charge in [0.2, 0.25) is 12.2 Å². The highest BCUT2D eigenvalue weighted by molar-refractivity contribution is 6.39. The fraction of sp³-hybridized carbons (Fsp3) is 0.222. The molecule has 0 aliphatic heterocycles. The molecular weight excluding hydrogens is 322 g/mol. The third-order valence-electron chi connectivity index (χ3n) is 3.67. The van der Waals surface area contributed by atoms with Crippen molar-refractivity contribution in [3.05, 3.63) is 54.4 Å². The topological polar surface area (TPSA) is 88.6 Å². The van der Waals surface area contributed by atoms with E-state index < -0.39 is 17.7 Å². The summed E-state index contributed by atoms with van der Waals surface area (Å²) in [5, 5.41) is 2.54. The van der Waals surface area contributed by atoms with E-state index >= 15 is 0 Å². The van der Waals surface area contributed by atoms with E-state index in [2.05, 4.69) is 10.3 Å². The quantitative estimate of drug-likeness (QED) is 0.578. The molecule has 7 nitrogen and oxygen atoms in total. The Balaban J connectivity index is 2.08. The van der Waals surface area contributed by atoms with Gasteiger partial charge in [-0.2, -0.15) is 0 Å². The minimum absolute atomic E-state index is 0.181. The van der Waals surface area contributed by atoms with Gasteiger partial charge in [0.1, 0.15) is 11.8 Å². The average Bonchev–Trinajstić information content (AvgIpc) is 2.67. The van der Waals surface area contributed by atoms with Gasteiger partial charge >= 0.3 is 0 Å². The first-order valence-corrected chi connectivity index (χ1v) is 7.66. The van der Waals surface area contributed by atoms with Gasteiger partial charge in [0, 0.05) is 18.9 Å². The Bertz CT molecular complexity index is 749. The number of anilines is 1. The van der Waals surface area contributed by atoms with Crippen LogP contribution in [0.15, 0.2) is 48.8 Å². The van der Waals surface area contributed by atoms with Gasteiger partial charge in [-0.1, -0.05) is 18.2 Å². The van der Waals surface area contributed by atoms with Crippen LogP contribution in [0.3, 0.4) is 0 Å². The van der Waals surface area contributed by atoms with Crippen molar-refractivity contribution in [2.45, 2.75) is 19.5 Å². The number of para-hydroxylation sites is 2. The van der Waals surface area contributed by atoms with Gasteiger partial charge in [0.25, 0.3) is 5.91 Å². The maximum Gasteiger partial charge on any atom is 0.289 e. The summed E-state index contributed by atoms with van der Waals surface area (Å²) in [5.74, 6) is -1.05. The van der Waals surface area contributed by atoms with Gasteiger partial charge in [0.05, 0.1) is 12.8 Å². The minimum Gasteiger partial charge on any atom is -0.495 e. The number of benzene rings is 1. The van der Waals surface area contributed by atoms with Gasteiger partial charge in [-0.15, -0.1) is 0 Å². The number of nitrogens with zero attached hydrogens (tertiary/aromatic N) is 2. The molecular formula is C18H19N3O4. The number of methoxy groups -OCH3 is 1. The van der Waals surface area contributed by atoms with E-state index in [9.17, 15) is 14.4 Å². The lowest BCUT2D eigenvalue weighted by atomic mass is 10.1. The van der Waals surface area contributed by atoms with Crippen molar-refractivity contribution in [3.63, 3.8) is 0 Å². The van der Waals surface area contributed by atoms with E-state index in [-0.39, 0.29) is 6.54 Å². The summed E-state index contributed by atoms with van der Waals surface area (Å²) >= 11 is 0. The van der Waals surface area contributed by atoms with E-state index in [1.165, 1.54) is 18.9 Å². The summed E-state index contributed by atoms with van der Waals surface area (Å²) in [6.45, 7) is 1.67. The van der Waals surface area contributed by atoms with Crippen LogP contribution >= 0.6 is 0 Å². The van der Waals surface area contributed by atoms with Crippen molar-refractivity contribution in [1.82, 2.24) is 10.3 Å². The van der Waals surface area contributed by atoms with Crippen LogP contribution in [-0.4, -0.2) is 36.2 Å². The standard InChI is InChI=1S/C18H19N3O4/c1-13(21(12-22)15-7-3-4-8-16(15)25-2)17(23)18(24)20-11-14-6-5-9-19-10-14/h3-10,12-13H,11H2,1-2H3,(H,20,24). The second-order valence-corrected chi connectivity index (χ2v) is 5.27. The van der Waals surface area contributed by atoms with E-state index in [1.807, 2.05) is 0 Å². The first-order valence-electron chi connectivity index (χ1n) is 7.66. The van der Waals surface area contributed by atoms with Crippen molar-refractivity contribution in [2.75, 3.05) is 12.0 Å². The van der Waals surface area contributed by atoms with Crippen molar-refractivity contribution in [3.8, 4) is 5.75 Å². The fourth-order valence-electron chi connectivity index (χ4n) is 2.29. The summed E-state index contributed by atoms with van der Waals surface area (Å²) < 4.78 is 5.20. The smallest absolute Gasteiger partial charge is 0.289 e. The highest BCUT2D eigenvalue weighted by Gasteiger charge is 2.28. The Hall–Kier alpha value is -3.22. The highest BCUT2D eigenvalue weighted by Crippen LogP contribution is 2.28. The first-order chi connectivity index (χ1) is 12.1. The molecule has 0 bridgehead atoms. The number of ether oxygens (including phenoxy) is 1. The monoisotopic (exact) mass is 341 g/mol. The molecule has 1 aromatic carbocycles. The maximum atomic E-state index is 12.4. The van der Waals surface area contributed by atoms with E-state index in [1.54, 1.807) is 48.8 Å². The van der Waals surface area contributed by atoms with Crippen LogP contribution in [0, 0.1) is 0 Å². The number of amides is 2. The molecule has 0 aliphatic carbocycles. The summed E-state index contributed by atoms with van der Waals surface area (Å²) in [7, 11) is 1.47. The van der Waals surface area contributed by atoms with E-state index in [0.717, 1.165) is 5.56 Å². The van der Waals surface area contributed by atoms with E-state index in [4.69, 9.17) is 4.74 Å². The van der Waals surface area contributed by atoms with Gasteiger partial charge < -0.3 is 15.0 Å². The fourth-order valence-corrected chi connectivity index (χ4v) is 2.29. The number of rotatable bonds is 8. The lowest BCUT2D eigenvalue weighted by Crippen LogP contribution is -2.45. The Morgan fingerprint density at radius 3 is 2.68 bits per heavy atom. The second kappa shape index (κ2) is 8.58. The number of ketones is 1. The number of hydrogen-bond donors (Lipinski definition) is 1. The van der Waals surface area contributed by atoms with Crippen molar-refractivity contribution >= 4 is 23.8 Å². The van der Waals surface area contributed by atoms with Crippen LogP contribution < -0.4 is 15.0 Å². The zero-order valence-corrected chi connectivity index (χ0v) is 14.0. The number of hydrogen-bond acceptors (Lipinski definition) is 5. The molecule has 0 saturated carbocycles. The molecule has 0 aliphatic rings. The summed E-state index contributed by atoms with van der Waals surface area (Å²) in [5.41, 5.74) is 1.19. The first kappa shape index (κ1) is 18.1. The van der Waals surface area contributed by atoms with Crippen molar-refractivity contribution in [1.29, 1.82) is 0 Å². The molecule has 1 atom stereocenters.